The Morgan fingerprint density at radius 3 is 2.00 bits per heavy atom. The SMILES string of the molecule is CC1(C)c2ccccc2-c2ccc3sc4ccc(N(c5ccccc5)c5ccc(-c6ccc7ccccc7c6)cc5)cc4c3c21. The van der Waals surface area contributed by atoms with Crippen molar-refractivity contribution in [2.24, 2.45) is 0 Å². The summed E-state index contributed by atoms with van der Waals surface area (Å²) in [6.07, 6.45) is 0. The zero-order valence-corrected chi connectivity index (χ0v) is 26.1. The normalized spacial score (nSPS) is 13.3. The highest BCUT2D eigenvalue weighted by molar-refractivity contribution is 7.25. The lowest BCUT2D eigenvalue weighted by molar-refractivity contribution is 0.667. The van der Waals surface area contributed by atoms with Crippen LogP contribution < -0.4 is 4.90 Å². The number of anilines is 3. The lowest BCUT2D eigenvalue weighted by Gasteiger charge is -2.26. The lowest BCUT2D eigenvalue weighted by atomic mass is 9.80. The van der Waals surface area contributed by atoms with Crippen molar-refractivity contribution in [2.45, 2.75) is 19.3 Å². The van der Waals surface area contributed by atoms with E-state index in [4.69, 9.17) is 0 Å². The van der Waals surface area contributed by atoms with Crippen molar-refractivity contribution in [3.8, 4) is 22.3 Å². The van der Waals surface area contributed by atoms with E-state index in [1.807, 2.05) is 11.3 Å². The second-order valence-electron chi connectivity index (χ2n) is 12.6. The Morgan fingerprint density at radius 1 is 0.489 bits per heavy atom. The summed E-state index contributed by atoms with van der Waals surface area (Å²) in [5.41, 5.74) is 11.4. The molecule has 0 saturated heterocycles. The van der Waals surface area contributed by atoms with E-state index in [0.29, 0.717) is 0 Å². The predicted molar refractivity (Wildman–Crippen MR) is 195 cm³/mol. The van der Waals surface area contributed by atoms with Gasteiger partial charge in [-0.2, -0.15) is 0 Å². The van der Waals surface area contributed by atoms with Gasteiger partial charge < -0.3 is 4.90 Å². The number of para-hydroxylation sites is 1. The van der Waals surface area contributed by atoms with E-state index < -0.39 is 0 Å². The van der Waals surface area contributed by atoms with Crippen LogP contribution in [0, 0.1) is 0 Å². The molecule has 1 nitrogen and oxygen atoms in total. The summed E-state index contributed by atoms with van der Waals surface area (Å²) in [6.45, 7) is 4.77. The Kier molecular flexibility index (Phi) is 5.78. The fourth-order valence-corrected chi connectivity index (χ4v) is 8.56. The molecule has 45 heavy (non-hydrogen) atoms. The van der Waals surface area contributed by atoms with Crippen molar-refractivity contribution >= 4 is 59.3 Å². The average molecular weight is 594 g/mol. The minimum atomic E-state index is -0.0623. The Bertz CT molecular complexity index is 2400. The maximum absolute atomic E-state index is 2.41. The molecule has 9 rings (SSSR count). The quantitative estimate of drug-likeness (QED) is 0.196. The molecule has 1 heterocycles. The standard InChI is InChI=1S/C43H31NS/c1-43(2)38-15-9-8-14-35(38)36-23-25-40-41(42(36)43)37-27-34(22-24-39(37)45-40)44(32-12-4-3-5-13-32)33-20-18-29(19-21-33)31-17-16-28-10-6-7-11-30(28)26-31/h3-27H,1-2H3. The smallest absolute Gasteiger partial charge is 0.0468 e. The number of benzene rings is 7. The molecule has 0 saturated carbocycles. The van der Waals surface area contributed by atoms with Crippen LogP contribution in [0.4, 0.5) is 17.1 Å². The van der Waals surface area contributed by atoms with E-state index in [0.717, 1.165) is 17.1 Å². The number of rotatable bonds is 4. The Balaban J connectivity index is 1.20. The zero-order chi connectivity index (χ0) is 30.1. The van der Waals surface area contributed by atoms with Gasteiger partial charge in [0.05, 0.1) is 0 Å². The van der Waals surface area contributed by atoms with Gasteiger partial charge in [-0.3, -0.25) is 0 Å². The van der Waals surface area contributed by atoms with Crippen LogP contribution in [0.5, 0.6) is 0 Å². The van der Waals surface area contributed by atoms with E-state index in [1.54, 1.807) is 0 Å². The van der Waals surface area contributed by atoms with Gasteiger partial charge in [0, 0.05) is 42.6 Å². The second kappa shape index (κ2) is 9.92. The van der Waals surface area contributed by atoms with Crippen LogP contribution in [0.15, 0.2) is 152 Å². The molecule has 1 aliphatic carbocycles. The maximum Gasteiger partial charge on any atom is 0.0468 e. The van der Waals surface area contributed by atoms with Crippen LogP contribution in [-0.2, 0) is 5.41 Å². The van der Waals surface area contributed by atoms with E-state index in [-0.39, 0.29) is 5.41 Å². The summed E-state index contributed by atoms with van der Waals surface area (Å²) in [5, 5.41) is 5.26. The molecule has 1 aromatic heterocycles. The Morgan fingerprint density at radius 2 is 1.16 bits per heavy atom. The van der Waals surface area contributed by atoms with Gasteiger partial charge in [-0.25, -0.2) is 0 Å². The summed E-state index contributed by atoms with van der Waals surface area (Å²) in [7, 11) is 0. The number of thiophene rings is 1. The van der Waals surface area contributed by atoms with Gasteiger partial charge in [0.1, 0.15) is 0 Å². The molecule has 0 radical (unpaired) electrons. The third kappa shape index (κ3) is 4.06. The predicted octanol–water partition coefficient (Wildman–Crippen LogP) is 12.7. The summed E-state index contributed by atoms with van der Waals surface area (Å²) in [6, 6.07) is 55.6. The highest BCUT2D eigenvalue weighted by Gasteiger charge is 2.37. The summed E-state index contributed by atoms with van der Waals surface area (Å²) in [4.78, 5) is 2.39. The molecule has 0 bridgehead atoms. The van der Waals surface area contributed by atoms with Gasteiger partial charge in [0.2, 0.25) is 0 Å². The fraction of sp³-hybridized carbons (Fsp3) is 0.0698. The monoisotopic (exact) mass is 593 g/mol. The first-order chi connectivity index (χ1) is 22.1. The fourth-order valence-electron chi connectivity index (χ4n) is 7.46. The van der Waals surface area contributed by atoms with Crippen molar-refractivity contribution in [1.29, 1.82) is 0 Å². The minimum Gasteiger partial charge on any atom is -0.310 e. The van der Waals surface area contributed by atoms with Crippen molar-refractivity contribution in [3.63, 3.8) is 0 Å². The van der Waals surface area contributed by atoms with Crippen molar-refractivity contribution in [3.05, 3.63) is 163 Å². The van der Waals surface area contributed by atoms with Gasteiger partial charge in [-0.15, -0.1) is 11.3 Å². The zero-order valence-electron chi connectivity index (χ0n) is 25.3. The number of hydrogen-bond donors (Lipinski definition) is 0. The highest BCUT2D eigenvalue weighted by atomic mass is 32.1. The van der Waals surface area contributed by atoms with E-state index >= 15 is 0 Å². The van der Waals surface area contributed by atoms with Gasteiger partial charge in [0.25, 0.3) is 0 Å². The van der Waals surface area contributed by atoms with Gasteiger partial charge in [-0.1, -0.05) is 111 Å². The first kappa shape index (κ1) is 26.2. The number of fused-ring (bicyclic) bond motifs is 8. The van der Waals surface area contributed by atoms with Crippen molar-refractivity contribution in [1.82, 2.24) is 0 Å². The van der Waals surface area contributed by atoms with Crippen LogP contribution in [0.25, 0.3) is 53.2 Å². The Hall–Kier alpha value is -5.18. The molecular formula is C43H31NS. The molecule has 0 fully saturated rings. The molecular weight excluding hydrogens is 563 g/mol. The third-order valence-corrected chi connectivity index (χ3v) is 10.8. The third-order valence-electron chi connectivity index (χ3n) is 9.62. The second-order valence-corrected chi connectivity index (χ2v) is 13.7. The maximum atomic E-state index is 2.41. The largest absolute Gasteiger partial charge is 0.310 e. The molecule has 8 aromatic rings. The van der Waals surface area contributed by atoms with Crippen LogP contribution >= 0.6 is 11.3 Å². The van der Waals surface area contributed by atoms with Crippen molar-refractivity contribution in [2.75, 3.05) is 4.90 Å². The molecule has 0 atom stereocenters. The molecule has 0 spiro atoms. The molecule has 1 aliphatic rings. The highest BCUT2D eigenvalue weighted by Crippen LogP contribution is 2.54. The Labute approximate surface area is 267 Å². The minimum absolute atomic E-state index is 0.0623. The number of hydrogen-bond acceptors (Lipinski definition) is 2. The summed E-state index contributed by atoms with van der Waals surface area (Å²) in [5.74, 6) is 0. The van der Waals surface area contributed by atoms with E-state index in [2.05, 4.69) is 170 Å². The molecule has 0 amide bonds. The summed E-state index contributed by atoms with van der Waals surface area (Å²) < 4.78 is 2.68. The molecule has 0 unspecified atom stereocenters. The van der Waals surface area contributed by atoms with Gasteiger partial charge >= 0.3 is 0 Å². The van der Waals surface area contributed by atoms with Crippen LogP contribution in [-0.4, -0.2) is 0 Å². The van der Waals surface area contributed by atoms with Crippen LogP contribution in [0.3, 0.4) is 0 Å². The van der Waals surface area contributed by atoms with Gasteiger partial charge in [-0.05, 0) is 98.8 Å². The van der Waals surface area contributed by atoms with Gasteiger partial charge in [0.15, 0.2) is 0 Å². The number of nitrogens with zero attached hydrogens (tertiary/aromatic N) is 1. The van der Waals surface area contributed by atoms with Crippen LogP contribution in [0.2, 0.25) is 0 Å². The molecule has 0 aliphatic heterocycles. The molecule has 0 N–H and O–H groups in total. The van der Waals surface area contributed by atoms with Crippen molar-refractivity contribution < 1.29 is 0 Å². The first-order valence-corrected chi connectivity index (χ1v) is 16.4. The molecule has 2 heteroatoms. The first-order valence-electron chi connectivity index (χ1n) is 15.6. The van der Waals surface area contributed by atoms with E-state index in [9.17, 15) is 0 Å². The van der Waals surface area contributed by atoms with Crippen LogP contribution in [0.1, 0.15) is 25.0 Å². The topological polar surface area (TPSA) is 3.24 Å². The average Bonchev–Trinajstić information content (AvgIpc) is 3.57. The van der Waals surface area contributed by atoms with E-state index in [1.165, 1.54) is 64.3 Å². The summed E-state index contributed by atoms with van der Waals surface area (Å²) >= 11 is 1.90. The molecule has 214 valence electrons. The lowest BCUT2D eigenvalue weighted by Crippen LogP contribution is -2.15. The molecule has 7 aromatic carbocycles.